The Morgan fingerprint density at radius 1 is 1.24 bits per heavy atom. The van der Waals surface area contributed by atoms with Crippen LogP contribution in [-0.2, 0) is 6.54 Å². The summed E-state index contributed by atoms with van der Waals surface area (Å²) in [7, 11) is 0. The lowest BCUT2D eigenvalue weighted by molar-refractivity contribution is 0.619. The molecular formula is C13H13FN2S. The van der Waals surface area contributed by atoms with E-state index in [-0.39, 0.29) is 5.82 Å². The first kappa shape index (κ1) is 11.9. The summed E-state index contributed by atoms with van der Waals surface area (Å²) in [6.07, 6.45) is 4.91. The normalized spacial score (nSPS) is 10.2. The molecule has 0 fully saturated rings. The molecule has 0 aliphatic rings. The van der Waals surface area contributed by atoms with Gasteiger partial charge in [-0.05, 0) is 42.2 Å². The summed E-state index contributed by atoms with van der Waals surface area (Å²) < 4.78 is 12.9. The monoisotopic (exact) mass is 248 g/mol. The van der Waals surface area contributed by atoms with Crippen molar-refractivity contribution in [1.29, 1.82) is 0 Å². The van der Waals surface area contributed by atoms with Gasteiger partial charge >= 0.3 is 0 Å². The third-order valence-electron chi connectivity index (χ3n) is 2.35. The number of hydrogen-bond acceptors (Lipinski definition) is 3. The summed E-state index contributed by atoms with van der Waals surface area (Å²) in [5.74, 6) is -0.304. The molecule has 1 heterocycles. The smallest absolute Gasteiger partial charge is 0.141 e. The van der Waals surface area contributed by atoms with Crippen LogP contribution in [0.4, 0.5) is 10.1 Å². The van der Waals surface area contributed by atoms with Crippen LogP contribution in [0.15, 0.2) is 47.6 Å². The van der Waals surface area contributed by atoms with E-state index in [9.17, 15) is 4.39 Å². The van der Waals surface area contributed by atoms with Gasteiger partial charge in [-0.25, -0.2) is 4.39 Å². The topological polar surface area (TPSA) is 24.9 Å². The number of benzene rings is 1. The second-order valence-electron chi connectivity index (χ2n) is 3.59. The summed E-state index contributed by atoms with van der Waals surface area (Å²) in [5, 5.41) is 3.22. The van der Waals surface area contributed by atoms with E-state index in [4.69, 9.17) is 0 Å². The van der Waals surface area contributed by atoms with E-state index < -0.39 is 0 Å². The number of pyridine rings is 1. The minimum atomic E-state index is -0.304. The molecule has 17 heavy (non-hydrogen) atoms. The number of anilines is 1. The standard InChI is InChI=1S/C13H13FN2S/c1-17-13-4-2-12(3-5-13)16-8-10-6-11(14)9-15-7-10/h2-7,9,16H,8H2,1H3. The first-order valence-corrected chi connectivity index (χ1v) is 6.48. The summed E-state index contributed by atoms with van der Waals surface area (Å²) in [6, 6.07) is 9.61. The van der Waals surface area contributed by atoms with Crippen molar-refractivity contribution in [2.45, 2.75) is 11.4 Å². The third-order valence-corrected chi connectivity index (χ3v) is 3.09. The molecule has 0 radical (unpaired) electrons. The van der Waals surface area contributed by atoms with Crippen molar-refractivity contribution in [2.24, 2.45) is 0 Å². The average molecular weight is 248 g/mol. The molecule has 0 atom stereocenters. The predicted molar refractivity (Wildman–Crippen MR) is 69.7 cm³/mol. The molecule has 2 rings (SSSR count). The number of rotatable bonds is 4. The van der Waals surface area contributed by atoms with Crippen molar-refractivity contribution in [1.82, 2.24) is 4.98 Å². The van der Waals surface area contributed by atoms with Gasteiger partial charge in [0.1, 0.15) is 5.82 Å². The first-order chi connectivity index (χ1) is 8.28. The van der Waals surface area contributed by atoms with Crippen LogP contribution in [0, 0.1) is 5.82 Å². The zero-order valence-corrected chi connectivity index (χ0v) is 10.3. The fraction of sp³-hybridized carbons (Fsp3) is 0.154. The van der Waals surface area contributed by atoms with Crippen molar-refractivity contribution in [3.8, 4) is 0 Å². The number of nitrogens with zero attached hydrogens (tertiary/aromatic N) is 1. The van der Waals surface area contributed by atoms with Gasteiger partial charge in [0, 0.05) is 23.3 Å². The molecule has 0 aliphatic heterocycles. The molecule has 88 valence electrons. The Bertz CT molecular complexity index is 485. The van der Waals surface area contributed by atoms with Gasteiger partial charge in [0.25, 0.3) is 0 Å². The SMILES string of the molecule is CSc1ccc(NCc2cncc(F)c2)cc1. The lowest BCUT2D eigenvalue weighted by Gasteiger charge is -2.06. The highest BCUT2D eigenvalue weighted by Gasteiger charge is 1.97. The second-order valence-corrected chi connectivity index (χ2v) is 4.47. The van der Waals surface area contributed by atoms with Crippen LogP contribution in [0.3, 0.4) is 0 Å². The van der Waals surface area contributed by atoms with Gasteiger partial charge < -0.3 is 5.32 Å². The quantitative estimate of drug-likeness (QED) is 0.837. The highest BCUT2D eigenvalue weighted by atomic mass is 32.2. The first-order valence-electron chi connectivity index (χ1n) is 5.25. The highest BCUT2D eigenvalue weighted by molar-refractivity contribution is 7.98. The molecule has 0 amide bonds. The van der Waals surface area contributed by atoms with Crippen molar-refractivity contribution >= 4 is 17.4 Å². The van der Waals surface area contributed by atoms with Crippen molar-refractivity contribution < 1.29 is 4.39 Å². The minimum absolute atomic E-state index is 0.304. The fourth-order valence-corrected chi connectivity index (χ4v) is 1.87. The van der Waals surface area contributed by atoms with E-state index in [0.717, 1.165) is 11.3 Å². The van der Waals surface area contributed by atoms with Crippen molar-refractivity contribution in [2.75, 3.05) is 11.6 Å². The Hall–Kier alpha value is -1.55. The van der Waals surface area contributed by atoms with Crippen molar-refractivity contribution in [3.05, 3.63) is 54.1 Å². The molecule has 0 aliphatic carbocycles. The Morgan fingerprint density at radius 3 is 2.65 bits per heavy atom. The van der Waals surface area contributed by atoms with E-state index in [1.165, 1.54) is 17.2 Å². The summed E-state index contributed by atoms with van der Waals surface area (Å²) in [4.78, 5) is 5.03. The number of hydrogen-bond donors (Lipinski definition) is 1. The maximum absolute atomic E-state index is 12.9. The minimum Gasteiger partial charge on any atom is -0.381 e. The molecule has 1 N–H and O–H groups in total. The zero-order valence-electron chi connectivity index (χ0n) is 9.48. The van der Waals surface area contributed by atoms with Gasteiger partial charge in [0.05, 0.1) is 6.20 Å². The van der Waals surface area contributed by atoms with E-state index in [1.807, 2.05) is 18.4 Å². The Kier molecular flexibility index (Phi) is 3.98. The zero-order chi connectivity index (χ0) is 12.1. The van der Waals surface area contributed by atoms with Gasteiger partial charge in [-0.2, -0.15) is 0 Å². The second kappa shape index (κ2) is 5.68. The number of nitrogens with one attached hydrogen (secondary N) is 1. The third kappa shape index (κ3) is 3.46. The maximum atomic E-state index is 12.9. The summed E-state index contributed by atoms with van der Waals surface area (Å²) in [5.41, 5.74) is 1.85. The van der Waals surface area contributed by atoms with Crippen LogP contribution < -0.4 is 5.32 Å². The van der Waals surface area contributed by atoms with E-state index in [1.54, 1.807) is 18.0 Å². The van der Waals surface area contributed by atoms with Crippen LogP contribution >= 0.6 is 11.8 Å². The molecule has 1 aromatic heterocycles. The van der Waals surface area contributed by atoms with E-state index in [2.05, 4.69) is 22.4 Å². The van der Waals surface area contributed by atoms with Gasteiger partial charge in [0.15, 0.2) is 0 Å². The molecule has 4 heteroatoms. The summed E-state index contributed by atoms with van der Waals surface area (Å²) in [6.45, 7) is 0.573. The number of aromatic nitrogens is 1. The van der Waals surface area contributed by atoms with E-state index >= 15 is 0 Å². The molecule has 0 unspecified atom stereocenters. The predicted octanol–water partition coefficient (Wildman–Crippen LogP) is 3.55. The molecule has 0 saturated carbocycles. The Morgan fingerprint density at radius 2 is 2.00 bits per heavy atom. The molecule has 0 saturated heterocycles. The summed E-state index contributed by atoms with van der Waals surface area (Å²) >= 11 is 1.71. The van der Waals surface area contributed by atoms with Crippen molar-refractivity contribution in [3.63, 3.8) is 0 Å². The lowest BCUT2D eigenvalue weighted by atomic mass is 10.2. The average Bonchev–Trinajstić information content (AvgIpc) is 2.37. The number of thioether (sulfide) groups is 1. The van der Waals surface area contributed by atoms with Gasteiger partial charge in [-0.3, -0.25) is 4.98 Å². The van der Waals surface area contributed by atoms with E-state index in [0.29, 0.717) is 6.54 Å². The van der Waals surface area contributed by atoms with Gasteiger partial charge in [-0.1, -0.05) is 0 Å². The maximum Gasteiger partial charge on any atom is 0.141 e. The molecular weight excluding hydrogens is 235 g/mol. The van der Waals surface area contributed by atoms with Gasteiger partial charge in [-0.15, -0.1) is 11.8 Å². The fourth-order valence-electron chi connectivity index (χ4n) is 1.47. The van der Waals surface area contributed by atoms with Crippen LogP contribution in [0.5, 0.6) is 0 Å². The van der Waals surface area contributed by atoms with Crippen LogP contribution in [0.1, 0.15) is 5.56 Å². The highest BCUT2D eigenvalue weighted by Crippen LogP contribution is 2.17. The Labute approximate surface area is 104 Å². The molecule has 2 aromatic rings. The molecule has 0 bridgehead atoms. The van der Waals surface area contributed by atoms with Crippen LogP contribution in [-0.4, -0.2) is 11.2 Å². The number of halogens is 1. The molecule has 2 nitrogen and oxygen atoms in total. The van der Waals surface area contributed by atoms with Crippen LogP contribution in [0.25, 0.3) is 0 Å². The lowest BCUT2D eigenvalue weighted by Crippen LogP contribution is -2.00. The molecule has 0 spiro atoms. The van der Waals surface area contributed by atoms with Gasteiger partial charge in [0.2, 0.25) is 0 Å². The largest absolute Gasteiger partial charge is 0.381 e. The van der Waals surface area contributed by atoms with Crippen LogP contribution in [0.2, 0.25) is 0 Å². The molecule has 1 aromatic carbocycles. The Balaban J connectivity index is 1.97.